The second kappa shape index (κ2) is 7.73. The number of nitrogens with zero attached hydrogens (tertiary/aromatic N) is 3. The van der Waals surface area contributed by atoms with Gasteiger partial charge in [0.25, 0.3) is 5.56 Å². The van der Waals surface area contributed by atoms with Crippen molar-refractivity contribution >= 4 is 28.0 Å². The molecule has 0 aliphatic carbocycles. The van der Waals surface area contributed by atoms with Crippen molar-refractivity contribution in [1.82, 2.24) is 25.1 Å². The van der Waals surface area contributed by atoms with E-state index < -0.39 is 0 Å². The van der Waals surface area contributed by atoms with Crippen molar-refractivity contribution in [2.45, 2.75) is 26.4 Å². The normalized spacial score (nSPS) is 16.2. The summed E-state index contributed by atoms with van der Waals surface area (Å²) in [5, 5.41) is 3.78. The van der Waals surface area contributed by atoms with Gasteiger partial charge >= 0.3 is 0 Å². The van der Waals surface area contributed by atoms with Crippen LogP contribution in [0.1, 0.15) is 19.7 Å². The lowest BCUT2D eigenvalue weighted by Gasteiger charge is -2.34. The summed E-state index contributed by atoms with van der Waals surface area (Å²) in [6, 6.07) is 7.70. The number of furan rings is 1. The van der Waals surface area contributed by atoms with Crippen molar-refractivity contribution < 1.29 is 9.21 Å². The van der Waals surface area contributed by atoms with E-state index in [0.29, 0.717) is 30.0 Å². The molecule has 1 fully saturated rings. The summed E-state index contributed by atoms with van der Waals surface area (Å²) in [5.74, 6) is 0.696. The van der Waals surface area contributed by atoms with E-state index in [1.54, 1.807) is 0 Å². The van der Waals surface area contributed by atoms with E-state index in [1.807, 2.05) is 38.1 Å². The van der Waals surface area contributed by atoms with Crippen molar-refractivity contribution in [1.29, 1.82) is 0 Å². The van der Waals surface area contributed by atoms with E-state index in [0.717, 1.165) is 31.6 Å². The SMILES string of the molecule is CC(C)NC(=O)CN1CCN(Cc2nc3c(oc4ccccc43)c(=O)[nH]2)CC1. The fourth-order valence-corrected chi connectivity index (χ4v) is 3.61. The van der Waals surface area contributed by atoms with Crippen LogP contribution in [0.4, 0.5) is 0 Å². The number of piperazine rings is 1. The summed E-state index contributed by atoms with van der Waals surface area (Å²) >= 11 is 0. The first-order chi connectivity index (χ1) is 13.5. The smallest absolute Gasteiger partial charge is 0.294 e. The Morgan fingerprint density at radius 1 is 1.21 bits per heavy atom. The number of carbonyl (C=O) groups excluding carboxylic acids is 1. The summed E-state index contributed by atoms with van der Waals surface area (Å²) in [6.45, 7) is 8.18. The highest BCUT2D eigenvalue weighted by molar-refractivity contribution is 6.01. The number of para-hydroxylation sites is 1. The number of fused-ring (bicyclic) bond motifs is 3. The van der Waals surface area contributed by atoms with E-state index in [9.17, 15) is 9.59 Å². The van der Waals surface area contributed by atoms with Crippen LogP contribution in [-0.2, 0) is 11.3 Å². The van der Waals surface area contributed by atoms with Gasteiger partial charge in [0.05, 0.1) is 13.1 Å². The number of amides is 1. The molecule has 0 bridgehead atoms. The lowest BCUT2D eigenvalue weighted by molar-refractivity contribution is -0.123. The molecule has 1 amide bonds. The second-order valence-corrected chi connectivity index (χ2v) is 7.56. The molecule has 28 heavy (non-hydrogen) atoms. The van der Waals surface area contributed by atoms with Gasteiger partial charge in [-0.05, 0) is 26.0 Å². The maximum Gasteiger partial charge on any atom is 0.294 e. The largest absolute Gasteiger partial charge is 0.449 e. The highest BCUT2D eigenvalue weighted by Gasteiger charge is 2.21. The molecule has 8 heteroatoms. The molecule has 0 atom stereocenters. The van der Waals surface area contributed by atoms with Crippen LogP contribution in [0.2, 0.25) is 0 Å². The lowest BCUT2D eigenvalue weighted by Crippen LogP contribution is -2.49. The van der Waals surface area contributed by atoms with Crippen molar-refractivity contribution in [3.8, 4) is 0 Å². The van der Waals surface area contributed by atoms with Gasteiger partial charge in [0.2, 0.25) is 11.5 Å². The zero-order valence-corrected chi connectivity index (χ0v) is 16.2. The van der Waals surface area contributed by atoms with Crippen LogP contribution in [0.3, 0.4) is 0 Å². The van der Waals surface area contributed by atoms with Crippen LogP contribution >= 0.6 is 0 Å². The third kappa shape index (κ3) is 3.93. The van der Waals surface area contributed by atoms with Gasteiger partial charge in [-0.1, -0.05) is 12.1 Å². The van der Waals surface area contributed by atoms with Gasteiger partial charge in [0.15, 0.2) is 0 Å². The summed E-state index contributed by atoms with van der Waals surface area (Å²) in [7, 11) is 0. The summed E-state index contributed by atoms with van der Waals surface area (Å²) in [5.41, 5.74) is 1.30. The molecule has 4 rings (SSSR count). The molecule has 0 saturated carbocycles. The minimum absolute atomic E-state index is 0.0618. The van der Waals surface area contributed by atoms with Crippen LogP contribution in [0.5, 0.6) is 0 Å². The van der Waals surface area contributed by atoms with Crippen LogP contribution < -0.4 is 10.9 Å². The Morgan fingerprint density at radius 3 is 2.68 bits per heavy atom. The first kappa shape index (κ1) is 18.6. The predicted molar refractivity (Wildman–Crippen MR) is 107 cm³/mol. The van der Waals surface area contributed by atoms with E-state index in [-0.39, 0.29) is 23.1 Å². The maximum atomic E-state index is 12.4. The molecule has 0 radical (unpaired) electrons. The number of hydrogen-bond acceptors (Lipinski definition) is 6. The molecule has 1 aromatic carbocycles. The number of carbonyl (C=O) groups is 1. The Morgan fingerprint density at radius 2 is 1.93 bits per heavy atom. The molecule has 0 spiro atoms. The molecular formula is C20H25N5O3. The van der Waals surface area contributed by atoms with Crippen molar-refractivity contribution in [2.75, 3.05) is 32.7 Å². The molecule has 2 N–H and O–H groups in total. The topological polar surface area (TPSA) is 94.5 Å². The first-order valence-corrected chi connectivity index (χ1v) is 9.64. The molecular weight excluding hydrogens is 358 g/mol. The van der Waals surface area contributed by atoms with Gasteiger partial charge in [-0.15, -0.1) is 0 Å². The minimum atomic E-state index is -0.250. The number of H-pyrrole nitrogens is 1. The number of benzene rings is 1. The Hall–Kier alpha value is -2.71. The standard InChI is InChI=1S/C20H25N5O3/c1-13(2)21-17(26)12-25-9-7-24(8-10-25)11-16-22-18-14-5-3-4-6-15(14)28-19(18)20(27)23-16/h3-6,13H,7-12H2,1-2H3,(H,21,26)(H,22,23,27). The van der Waals surface area contributed by atoms with Crippen LogP contribution in [0.15, 0.2) is 33.5 Å². The van der Waals surface area contributed by atoms with Crippen LogP contribution in [0, 0.1) is 0 Å². The van der Waals surface area contributed by atoms with Gasteiger partial charge in [0.1, 0.15) is 16.9 Å². The van der Waals surface area contributed by atoms with Crippen molar-refractivity contribution in [3.63, 3.8) is 0 Å². The van der Waals surface area contributed by atoms with Crippen LogP contribution in [0.25, 0.3) is 22.1 Å². The fraction of sp³-hybridized carbons (Fsp3) is 0.450. The monoisotopic (exact) mass is 383 g/mol. The number of hydrogen-bond donors (Lipinski definition) is 2. The van der Waals surface area contributed by atoms with Crippen molar-refractivity contribution in [3.05, 3.63) is 40.4 Å². The van der Waals surface area contributed by atoms with Gasteiger partial charge in [-0.25, -0.2) is 4.98 Å². The Kier molecular flexibility index (Phi) is 5.15. The summed E-state index contributed by atoms with van der Waals surface area (Å²) in [4.78, 5) is 36.2. The Bertz CT molecular complexity index is 1050. The van der Waals surface area contributed by atoms with Crippen molar-refractivity contribution in [2.24, 2.45) is 0 Å². The zero-order chi connectivity index (χ0) is 19.7. The average molecular weight is 383 g/mol. The lowest BCUT2D eigenvalue weighted by atomic mass is 10.2. The molecule has 3 heterocycles. The van der Waals surface area contributed by atoms with E-state index in [2.05, 4.69) is 25.1 Å². The van der Waals surface area contributed by atoms with E-state index >= 15 is 0 Å². The average Bonchev–Trinajstić information content (AvgIpc) is 3.02. The first-order valence-electron chi connectivity index (χ1n) is 9.64. The number of rotatable bonds is 5. The highest BCUT2D eigenvalue weighted by atomic mass is 16.3. The Labute approximate surface area is 162 Å². The minimum Gasteiger partial charge on any atom is -0.449 e. The molecule has 3 aromatic rings. The van der Waals surface area contributed by atoms with Gasteiger partial charge < -0.3 is 14.7 Å². The third-order valence-corrected chi connectivity index (χ3v) is 4.94. The zero-order valence-electron chi connectivity index (χ0n) is 16.2. The molecule has 148 valence electrons. The quantitative estimate of drug-likeness (QED) is 0.690. The fourth-order valence-electron chi connectivity index (χ4n) is 3.61. The molecule has 1 saturated heterocycles. The second-order valence-electron chi connectivity index (χ2n) is 7.56. The maximum absolute atomic E-state index is 12.4. The molecule has 8 nitrogen and oxygen atoms in total. The number of nitrogens with one attached hydrogen (secondary N) is 2. The van der Waals surface area contributed by atoms with Gasteiger partial charge in [-0.2, -0.15) is 0 Å². The molecule has 1 aliphatic rings. The summed E-state index contributed by atoms with van der Waals surface area (Å²) < 4.78 is 5.64. The van der Waals surface area contributed by atoms with Crippen LogP contribution in [-0.4, -0.2) is 64.4 Å². The third-order valence-electron chi connectivity index (χ3n) is 4.94. The number of aromatic amines is 1. The predicted octanol–water partition coefficient (Wildman–Crippen LogP) is 1.31. The van der Waals surface area contributed by atoms with E-state index in [1.165, 1.54) is 0 Å². The Balaban J connectivity index is 1.43. The van der Waals surface area contributed by atoms with Gasteiger partial charge in [-0.3, -0.25) is 19.4 Å². The molecule has 0 unspecified atom stereocenters. The molecule has 2 aromatic heterocycles. The van der Waals surface area contributed by atoms with Gasteiger partial charge in [0, 0.05) is 37.6 Å². The number of aromatic nitrogens is 2. The van der Waals surface area contributed by atoms with E-state index in [4.69, 9.17) is 4.42 Å². The molecule has 1 aliphatic heterocycles. The summed E-state index contributed by atoms with van der Waals surface area (Å²) in [6.07, 6.45) is 0. The highest BCUT2D eigenvalue weighted by Crippen LogP contribution is 2.24.